The highest BCUT2D eigenvalue weighted by atomic mass is 32.2. The first-order chi connectivity index (χ1) is 70.1. The number of anilines is 2. The molecule has 0 heterocycles. The van der Waals surface area contributed by atoms with Crippen LogP contribution >= 0.6 is 0 Å². The summed E-state index contributed by atoms with van der Waals surface area (Å²) in [6.45, 7) is 1.95. The number of nitrogens with one attached hydrogen (secondary N) is 13. The molecule has 0 bridgehead atoms. The van der Waals surface area contributed by atoms with Gasteiger partial charge in [0.1, 0.15) is 0 Å². The number of alkyl halides is 15. The van der Waals surface area contributed by atoms with E-state index < -0.39 is 99.0 Å². The number of halogens is 15. The molecule has 148 heavy (non-hydrogen) atoms. The fourth-order valence-corrected chi connectivity index (χ4v) is 21.9. The maximum absolute atomic E-state index is 14.1. The van der Waals surface area contributed by atoms with Crippen LogP contribution in [0.4, 0.5) is 87.7 Å². The lowest BCUT2D eigenvalue weighted by atomic mass is 9.95. The summed E-state index contributed by atoms with van der Waals surface area (Å²) in [6.07, 6.45) is 40.1. The van der Waals surface area contributed by atoms with Gasteiger partial charge in [-0.3, -0.25) is 20.2 Å². The average Bonchev–Trinajstić information content (AvgIpc) is 0.720. The zero-order valence-corrected chi connectivity index (χ0v) is 87.4. The maximum Gasteiger partial charge on any atom is 0.516 e. The second kappa shape index (κ2) is 59.4. The normalized spacial score (nSPS) is 20.2. The van der Waals surface area contributed by atoms with Gasteiger partial charge in [-0.15, -0.1) is 0 Å². The van der Waals surface area contributed by atoms with Crippen molar-refractivity contribution < 1.29 is 109 Å². The number of rotatable bonds is 21. The Morgan fingerprint density at radius 3 is 0.878 bits per heavy atom. The summed E-state index contributed by atoms with van der Waals surface area (Å²) in [5, 5.41) is 19.0. The first kappa shape index (κ1) is 122. The predicted octanol–water partition coefficient (Wildman–Crippen LogP) is 21.9. The Hall–Kier alpha value is -9.61. The number of aryl methyl sites for hydroxylation is 1. The molecule has 10 aliphatic rings. The molecule has 10 aliphatic carbocycles. The number of guanidine groups is 6. The highest BCUT2D eigenvalue weighted by molar-refractivity contribution is 7.91. The fraction of sp³-hybridized carbons (Fsp3) is 0.680. The Morgan fingerprint density at radius 1 is 0.297 bits per heavy atom. The number of para-hydroxylation sites is 3. The van der Waals surface area contributed by atoms with Gasteiger partial charge >= 0.3 is 66.9 Å². The largest absolute Gasteiger partial charge is 0.516 e. The Balaban J connectivity index is 0.000000198. The van der Waals surface area contributed by atoms with Crippen molar-refractivity contribution in [3.63, 3.8) is 0 Å². The van der Waals surface area contributed by atoms with Crippen LogP contribution in [0.15, 0.2) is 150 Å². The molecule has 3 amide bonds. The number of sulfonamides is 4. The van der Waals surface area contributed by atoms with Gasteiger partial charge in [0, 0.05) is 41.6 Å². The van der Waals surface area contributed by atoms with Gasteiger partial charge in [0.25, 0.3) is 10.0 Å². The van der Waals surface area contributed by atoms with Crippen LogP contribution in [0, 0.1) is 6.92 Å². The second-order valence-corrected chi connectivity index (χ2v) is 46.4. The summed E-state index contributed by atoms with van der Waals surface area (Å²) in [7, 11) is -19.1. The van der Waals surface area contributed by atoms with Crippen LogP contribution in [-0.4, -0.2) is 183 Å². The van der Waals surface area contributed by atoms with E-state index >= 15 is 0 Å². The molecular formula is C100H148F15N19O10S4. The molecule has 13 N–H and O–H groups in total. The summed E-state index contributed by atoms with van der Waals surface area (Å²) in [5.41, 5.74) is -2.60. The second-order valence-electron chi connectivity index (χ2n) is 39.5. The first-order valence-electron chi connectivity index (χ1n) is 52.2. The minimum absolute atomic E-state index is 0.0259. The van der Waals surface area contributed by atoms with Crippen LogP contribution in [0.2, 0.25) is 0 Å². The predicted molar refractivity (Wildman–Crippen MR) is 549 cm³/mol. The molecule has 10 fully saturated rings. The quantitative estimate of drug-likeness (QED) is 0.0209. The third-order valence-electron chi connectivity index (χ3n) is 27.0. The van der Waals surface area contributed by atoms with Gasteiger partial charge in [0.05, 0.1) is 47.0 Å². The topological polar surface area (TPSA) is 401 Å². The molecule has 0 atom stereocenters. The lowest BCUT2D eigenvalue weighted by Crippen LogP contribution is -2.66. The SMILES string of the molecule is CS(=O)(=O)NC(=NC1CCCCC1)NC1CCCCC1.Cc1ccc(S(=O)(=O)NC(=NC2CCCCC2)NC2CCCCC2)cc1.O=C(NC(=NC1CCCCC1)NC1CCCCC1)Nc1ccccc1.O=C(NC(=Nc1ccccc1)Nc1ccccc1)C(F)(F)F.O=S(=O)(NC(=NC1CCCCC1)NC1CCCCC1)C(F)(F)C(F)(F)C(F)(F)C(F)(F)F.O=S(=O)(NC(=NC1CCCCC1)NC1CCCCC1)C(F)(F)F. The van der Waals surface area contributed by atoms with Crippen molar-refractivity contribution in [1.29, 1.82) is 0 Å². The molecule has 0 aliphatic heterocycles. The Bertz CT molecular complexity index is 5320. The van der Waals surface area contributed by atoms with Crippen molar-refractivity contribution in [2.75, 3.05) is 16.9 Å². The Morgan fingerprint density at radius 2 is 0.574 bits per heavy atom. The highest BCUT2D eigenvalue weighted by Gasteiger charge is 2.85. The van der Waals surface area contributed by atoms with Crippen molar-refractivity contribution in [1.82, 2.24) is 56.1 Å². The molecule has 0 spiro atoms. The number of aliphatic imine (C=N–C) groups is 6. The highest BCUT2D eigenvalue weighted by Crippen LogP contribution is 2.55. The van der Waals surface area contributed by atoms with Crippen LogP contribution in [0.3, 0.4) is 0 Å². The van der Waals surface area contributed by atoms with Gasteiger partial charge in [0.15, 0.2) is 5.96 Å². The summed E-state index contributed by atoms with van der Waals surface area (Å²) < 4.78 is 297. The lowest BCUT2D eigenvalue weighted by molar-refractivity contribution is -0.382. The van der Waals surface area contributed by atoms with Crippen LogP contribution in [0.25, 0.3) is 0 Å². The smallest absolute Gasteiger partial charge is 0.353 e. The number of nitrogens with zero attached hydrogens (tertiary/aromatic N) is 6. The summed E-state index contributed by atoms with van der Waals surface area (Å²) in [6, 6.07) is 33.7. The van der Waals surface area contributed by atoms with Crippen molar-refractivity contribution >= 4 is 105 Å². The number of carbonyl (C=O) groups is 2. The molecule has 0 aromatic heterocycles. The number of hydrogen-bond acceptors (Lipinski definition) is 16. The van der Waals surface area contributed by atoms with Crippen molar-refractivity contribution in [2.45, 2.75) is 428 Å². The molecule has 29 nitrogen and oxygen atoms in total. The Labute approximate surface area is 861 Å². The third-order valence-corrected chi connectivity index (χ3v) is 31.4. The molecule has 48 heteroatoms. The standard InChI is InChI=1S/C20H30N4O.C20H31N3O2S.C17H24F9N3O2S.C15H12F3N3O.C14H24F3N3O2S.C14H27N3O2S/c25-20(23-18-14-8-3-9-15-18)24-19(21-16-10-4-1-5-11-16)22-17-12-6-2-7-13-17;1-16-12-14-19(15-13-16)26(24,25)23-20(21-17-8-4-2-5-9-17)22-18-10-6-3-7-11-18;18-14(19,16(22,23)24)15(20,21)17(25,26)32(30,31)29-13(27-11-7-3-1-4-8-11)28-12-9-5-2-6-10-12;16-15(17,18)13(22)21-14(19-11-7-3-1-4-8-11)20-12-9-5-2-6-10-12;15-14(16,17)23(21,22)20-13(18-11-7-3-1-4-8-11)19-12-9-5-2-6-10-12;1-20(18,19)17-14(15-12-8-4-2-5-9-12)16-13-10-6-3-7-11-13/h3,8-9,14-17H,1-2,4-7,10-13H2,(H3,21,22,23,24,25);12-15,17-18H,2-11H2,1H3,(H2,21,22,23);11-12H,1-10H2,(H2,27,28,29);1-10H,(H2,19,20,21,22);11-12H,1-10H2,(H2,18,19,20);12-13H,2-11H2,1H3,(H2,15,16,17). The molecule has 4 aromatic rings. The molecule has 0 unspecified atom stereocenters. The van der Waals surface area contributed by atoms with Crippen molar-refractivity contribution in [3.8, 4) is 0 Å². The molecule has 0 saturated heterocycles. The van der Waals surface area contributed by atoms with Crippen LogP contribution in [0.5, 0.6) is 0 Å². The van der Waals surface area contributed by atoms with Gasteiger partial charge in [-0.25, -0.2) is 65.8 Å². The number of benzene rings is 4. The molecular weight excluding hydrogens is 2040 g/mol. The minimum Gasteiger partial charge on any atom is -0.353 e. The Kier molecular flexibility index (Phi) is 48.9. The third kappa shape index (κ3) is 42.9. The van der Waals surface area contributed by atoms with E-state index in [9.17, 15) is 109 Å². The van der Waals surface area contributed by atoms with E-state index in [1.165, 1.54) is 122 Å². The lowest BCUT2D eigenvalue weighted by Gasteiger charge is -2.33. The summed E-state index contributed by atoms with van der Waals surface area (Å²) >= 11 is 0. The van der Waals surface area contributed by atoms with E-state index in [4.69, 9.17) is 9.98 Å². The van der Waals surface area contributed by atoms with E-state index in [0.29, 0.717) is 105 Å². The maximum atomic E-state index is 14.1. The molecule has 832 valence electrons. The van der Waals surface area contributed by atoms with Gasteiger partial charge < -0.3 is 37.2 Å². The van der Waals surface area contributed by atoms with Crippen LogP contribution in [0.1, 0.15) is 327 Å². The van der Waals surface area contributed by atoms with Crippen LogP contribution < -0.4 is 66.7 Å². The van der Waals surface area contributed by atoms with E-state index in [1.807, 2.05) is 49.4 Å². The first-order valence-corrected chi connectivity index (χ1v) is 58.5. The van der Waals surface area contributed by atoms with Crippen molar-refractivity contribution in [2.24, 2.45) is 30.0 Å². The van der Waals surface area contributed by atoms with E-state index in [1.54, 1.807) is 82.8 Å². The number of hydrogen-bond donors (Lipinski definition) is 13. The minimum atomic E-state index is -7.31. The summed E-state index contributed by atoms with van der Waals surface area (Å²) in [4.78, 5) is 50.2. The number of carbonyl (C=O) groups excluding carboxylic acids is 2. The molecule has 4 aromatic carbocycles. The van der Waals surface area contributed by atoms with Gasteiger partial charge in [0.2, 0.25) is 39.8 Å². The van der Waals surface area contributed by atoms with Gasteiger partial charge in [-0.05, 0) is 184 Å². The molecule has 14 rings (SSSR count). The average molecular weight is 2190 g/mol. The zero-order valence-electron chi connectivity index (χ0n) is 84.2. The zero-order chi connectivity index (χ0) is 108. The van der Waals surface area contributed by atoms with Gasteiger partial charge in [-0.1, -0.05) is 265 Å². The monoisotopic (exact) mass is 2190 g/mol. The van der Waals surface area contributed by atoms with Crippen molar-refractivity contribution in [3.05, 3.63) is 121 Å². The van der Waals surface area contributed by atoms with E-state index in [-0.39, 0.29) is 47.0 Å². The van der Waals surface area contributed by atoms with E-state index in [2.05, 4.69) is 71.9 Å². The van der Waals surface area contributed by atoms with Gasteiger partial charge in [-0.2, -0.15) is 82.7 Å². The molecule has 0 radical (unpaired) electrons. The summed E-state index contributed by atoms with van der Waals surface area (Å²) in [5.74, 6) is -16.6. The number of amides is 3. The van der Waals surface area contributed by atoms with Crippen LogP contribution in [-0.2, 0) is 44.9 Å². The molecule has 10 saturated carbocycles. The fourth-order valence-electron chi connectivity index (χ4n) is 19.0. The number of urea groups is 1. The van der Waals surface area contributed by atoms with E-state index in [0.717, 1.165) is 170 Å².